The van der Waals surface area contributed by atoms with Gasteiger partial charge in [-0.3, -0.25) is 0 Å². The molecule has 0 bridgehead atoms. The summed E-state index contributed by atoms with van der Waals surface area (Å²) in [6, 6.07) is 0.523. The minimum Gasteiger partial charge on any atom is -0.393 e. The molecular formula is C20H25BrINO. The van der Waals surface area contributed by atoms with Crippen molar-refractivity contribution in [1.82, 2.24) is 0 Å². The first-order chi connectivity index (χ1) is 11.6. The van der Waals surface area contributed by atoms with Gasteiger partial charge in [-0.1, -0.05) is 11.6 Å². The maximum absolute atomic E-state index is 9.89. The van der Waals surface area contributed by atoms with Crippen molar-refractivity contribution in [2.75, 3.05) is 5.32 Å². The van der Waals surface area contributed by atoms with Crippen LogP contribution in [-0.2, 0) is 6.42 Å². The third kappa shape index (κ3) is 2.96. The van der Waals surface area contributed by atoms with Gasteiger partial charge in [0.05, 0.1) is 16.3 Å². The number of rotatable bonds is 2. The molecule has 0 spiro atoms. The molecule has 0 aromatic heterocycles. The van der Waals surface area contributed by atoms with Gasteiger partial charge in [-0.05, 0) is 114 Å². The van der Waals surface area contributed by atoms with Crippen molar-refractivity contribution in [3.05, 3.63) is 36.4 Å². The molecule has 3 atom stereocenters. The summed E-state index contributed by atoms with van der Waals surface area (Å²) in [7, 11) is 0. The summed E-state index contributed by atoms with van der Waals surface area (Å²) in [5.41, 5.74) is 7.60. The zero-order valence-corrected chi connectivity index (χ0v) is 17.9. The van der Waals surface area contributed by atoms with Crippen molar-refractivity contribution < 1.29 is 5.11 Å². The van der Waals surface area contributed by atoms with Crippen LogP contribution in [0.5, 0.6) is 0 Å². The number of aliphatic hydroxyl groups is 1. The monoisotopic (exact) mass is 501 g/mol. The Hall–Kier alpha value is -0.0700. The highest BCUT2D eigenvalue weighted by molar-refractivity contribution is 14.1. The van der Waals surface area contributed by atoms with Crippen LogP contribution in [0, 0.1) is 10.5 Å². The fraction of sp³-hybridized carbons (Fsp3) is 0.600. The second-order valence-corrected chi connectivity index (χ2v) is 9.48. The van der Waals surface area contributed by atoms with Gasteiger partial charge in [0.25, 0.3) is 0 Å². The molecule has 2 unspecified atom stereocenters. The van der Waals surface area contributed by atoms with E-state index in [4.69, 9.17) is 0 Å². The summed E-state index contributed by atoms with van der Waals surface area (Å²) in [5, 5.41) is 13.8. The van der Waals surface area contributed by atoms with Crippen LogP contribution in [0.15, 0.2) is 16.1 Å². The molecule has 0 saturated carbocycles. The SMILES string of the molecule is Cc1c(I)c(Br)c2c3c1CCC[C@@H]3C(CC1=CCCC(O)CC1)N2. The maximum atomic E-state index is 9.89. The van der Waals surface area contributed by atoms with Gasteiger partial charge in [-0.25, -0.2) is 0 Å². The summed E-state index contributed by atoms with van der Waals surface area (Å²) in [6.45, 7) is 2.28. The van der Waals surface area contributed by atoms with Crippen LogP contribution in [0.2, 0.25) is 0 Å². The van der Waals surface area contributed by atoms with E-state index in [1.807, 2.05) is 0 Å². The van der Waals surface area contributed by atoms with Gasteiger partial charge >= 0.3 is 0 Å². The molecule has 1 heterocycles. The average molecular weight is 502 g/mol. The smallest absolute Gasteiger partial charge is 0.0546 e. The molecule has 2 nitrogen and oxygen atoms in total. The normalized spacial score (nSPS) is 28.8. The molecule has 4 heteroatoms. The van der Waals surface area contributed by atoms with Crippen LogP contribution in [0.4, 0.5) is 5.69 Å². The lowest BCUT2D eigenvalue weighted by Gasteiger charge is -2.27. The van der Waals surface area contributed by atoms with Crippen LogP contribution in [0.25, 0.3) is 0 Å². The molecule has 0 amide bonds. The molecule has 1 aromatic rings. The van der Waals surface area contributed by atoms with E-state index in [0.717, 1.165) is 32.1 Å². The summed E-state index contributed by atoms with van der Waals surface area (Å²) in [4.78, 5) is 0. The fourth-order valence-electron chi connectivity index (χ4n) is 4.82. The van der Waals surface area contributed by atoms with Crippen LogP contribution in [0.3, 0.4) is 0 Å². The quantitative estimate of drug-likeness (QED) is 0.395. The first-order valence-corrected chi connectivity index (χ1v) is 11.1. The third-order valence-electron chi connectivity index (χ3n) is 6.13. The minimum absolute atomic E-state index is 0.104. The first kappa shape index (κ1) is 17.3. The molecular weight excluding hydrogens is 477 g/mol. The number of anilines is 1. The first-order valence-electron chi connectivity index (χ1n) is 9.19. The Morgan fingerprint density at radius 2 is 2.12 bits per heavy atom. The average Bonchev–Trinajstić information content (AvgIpc) is 2.82. The zero-order chi connectivity index (χ0) is 16.8. The fourth-order valence-corrected chi connectivity index (χ4v) is 6.04. The highest BCUT2D eigenvalue weighted by atomic mass is 127. The van der Waals surface area contributed by atoms with E-state index in [1.54, 1.807) is 16.7 Å². The van der Waals surface area contributed by atoms with Gasteiger partial charge in [-0.15, -0.1) is 0 Å². The second-order valence-electron chi connectivity index (χ2n) is 7.61. The number of hydrogen-bond donors (Lipinski definition) is 2. The highest BCUT2D eigenvalue weighted by Gasteiger charge is 2.39. The van der Waals surface area contributed by atoms with Crippen molar-refractivity contribution in [1.29, 1.82) is 0 Å². The van der Waals surface area contributed by atoms with Gasteiger partial charge in [0.15, 0.2) is 0 Å². The van der Waals surface area contributed by atoms with Crippen molar-refractivity contribution in [2.45, 2.75) is 76.4 Å². The lowest BCUT2D eigenvalue weighted by atomic mass is 9.78. The van der Waals surface area contributed by atoms with E-state index >= 15 is 0 Å². The van der Waals surface area contributed by atoms with Crippen LogP contribution in [0.1, 0.15) is 67.6 Å². The van der Waals surface area contributed by atoms with Crippen molar-refractivity contribution in [3.63, 3.8) is 0 Å². The second kappa shape index (κ2) is 6.92. The van der Waals surface area contributed by atoms with Gasteiger partial charge in [-0.2, -0.15) is 0 Å². The van der Waals surface area contributed by atoms with E-state index in [-0.39, 0.29) is 6.10 Å². The lowest BCUT2D eigenvalue weighted by molar-refractivity contribution is 0.158. The number of allylic oxidation sites excluding steroid dienone is 1. The molecule has 4 rings (SSSR count). The number of nitrogens with one attached hydrogen (secondary N) is 1. The molecule has 130 valence electrons. The van der Waals surface area contributed by atoms with E-state index in [9.17, 15) is 5.11 Å². The number of halogens is 2. The Morgan fingerprint density at radius 3 is 2.96 bits per heavy atom. The lowest BCUT2D eigenvalue weighted by Crippen LogP contribution is -2.23. The standard InChI is InChI=1S/C20H25BrINO/c1-11-14-6-3-7-15-16(10-12-4-2-5-13(24)9-8-12)23-20(17(14)15)18(21)19(11)22/h4,13,15-16,23-24H,2-3,5-10H2,1H3/t13?,15-,16?/m1/s1. The molecule has 24 heavy (non-hydrogen) atoms. The Kier molecular flexibility index (Phi) is 5.00. The predicted molar refractivity (Wildman–Crippen MR) is 112 cm³/mol. The molecule has 1 aliphatic heterocycles. The maximum Gasteiger partial charge on any atom is 0.0546 e. The van der Waals surface area contributed by atoms with E-state index in [1.165, 1.54) is 38.6 Å². The molecule has 0 saturated heterocycles. The van der Waals surface area contributed by atoms with Gasteiger partial charge in [0.1, 0.15) is 0 Å². The zero-order valence-electron chi connectivity index (χ0n) is 14.2. The molecule has 0 radical (unpaired) electrons. The van der Waals surface area contributed by atoms with Crippen molar-refractivity contribution in [2.24, 2.45) is 0 Å². The van der Waals surface area contributed by atoms with E-state index in [0.29, 0.717) is 12.0 Å². The van der Waals surface area contributed by atoms with Gasteiger partial charge in [0.2, 0.25) is 0 Å². The number of hydrogen-bond acceptors (Lipinski definition) is 2. The molecule has 2 N–H and O–H groups in total. The Bertz CT molecular complexity index is 700. The third-order valence-corrected chi connectivity index (χ3v) is 9.01. The van der Waals surface area contributed by atoms with Gasteiger partial charge < -0.3 is 10.4 Å². The van der Waals surface area contributed by atoms with E-state index < -0.39 is 0 Å². The topological polar surface area (TPSA) is 32.3 Å². The molecule has 0 fully saturated rings. The molecule has 2 aliphatic carbocycles. The molecule has 1 aromatic carbocycles. The van der Waals surface area contributed by atoms with Crippen LogP contribution >= 0.6 is 38.5 Å². The summed E-state index contributed by atoms with van der Waals surface area (Å²) in [6.07, 6.45) is 11.2. The minimum atomic E-state index is -0.104. The summed E-state index contributed by atoms with van der Waals surface area (Å²) < 4.78 is 2.63. The Morgan fingerprint density at radius 1 is 1.29 bits per heavy atom. The van der Waals surface area contributed by atoms with Crippen molar-refractivity contribution in [3.8, 4) is 0 Å². The largest absolute Gasteiger partial charge is 0.393 e. The van der Waals surface area contributed by atoms with Crippen LogP contribution < -0.4 is 5.32 Å². The number of benzene rings is 1. The van der Waals surface area contributed by atoms with Gasteiger partial charge in [0, 0.05) is 15.5 Å². The van der Waals surface area contributed by atoms with Crippen molar-refractivity contribution >= 4 is 44.2 Å². The summed E-state index contributed by atoms with van der Waals surface area (Å²) >= 11 is 6.34. The van der Waals surface area contributed by atoms with Crippen LogP contribution in [-0.4, -0.2) is 17.3 Å². The predicted octanol–water partition coefficient (Wildman–Crippen LogP) is 5.83. The number of aliphatic hydroxyl groups excluding tert-OH is 1. The van der Waals surface area contributed by atoms with E-state index in [2.05, 4.69) is 56.8 Å². The molecule has 3 aliphatic rings. The highest BCUT2D eigenvalue weighted by Crippen LogP contribution is 2.51. The Labute approximate surface area is 166 Å². The Balaban J connectivity index is 1.63. The summed E-state index contributed by atoms with van der Waals surface area (Å²) in [5.74, 6) is 0.657.